The highest BCUT2D eigenvalue weighted by Gasteiger charge is 2.18. The van der Waals surface area contributed by atoms with Crippen LogP contribution in [0.4, 0.5) is 0 Å². The van der Waals surface area contributed by atoms with Crippen molar-refractivity contribution in [2.45, 2.75) is 24.3 Å². The molecule has 0 unspecified atom stereocenters. The van der Waals surface area contributed by atoms with E-state index in [4.69, 9.17) is 9.47 Å². The molecular formula is C21H25NO5S. The predicted molar refractivity (Wildman–Crippen MR) is 109 cm³/mol. The summed E-state index contributed by atoms with van der Waals surface area (Å²) in [5.74, 6) is 0.770. The average Bonchev–Trinajstić information content (AvgIpc) is 2.66. The molecule has 2 rings (SSSR count). The Bertz CT molecular complexity index is 965. The van der Waals surface area contributed by atoms with Crippen LogP contribution in [0.2, 0.25) is 0 Å². The fraction of sp³-hybridized carbons (Fsp3) is 0.286. The second kappa shape index (κ2) is 8.93. The van der Waals surface area contributed by atoms with Crippen LogP contribution in [0, 0.1) is 0 Å². The molecule has 1 amide bonds. The standard InChI is InChI=1S/C21H25NO5S/c1-6-7-16-12-17(13-19(26-3)20(16)27-4)21(23)22-14(2)15-8-10-18(11-9-15)28(5,24)25/h6,8-14H,1,7H2,2-5H3,(H,22,23)/t14-/m1/s1. The van der Waals surface area contributed by atoms with Crippen molar-refractivity contribution >= 4 is 15.7 Å². The monoisotopic (exact) mass is 403 g/mol. The third-order valence-corrected chi connectivity index (χ3v) is 5.47. The van der Waals surface area contributed by atoms with Gasteiger partial charge in [0.2, 0.25) is 0 Å². The molecule has 150 valence electrons. The molecular weight excluding hydrogens is 378 g/mol. The number of allylic oxidation sites excluding steroid dienone is 1. The van der Waals surface area contributed by atoms with Gasteiger partial charge in [0, 0.05) is 17.4 Å². The topological polar surface area (TPSA) is 81.7 Å². The van der Waals surface area contributed by atoms with Gasteiger partial charge in [0.05, 0.1) is 25.2 Å². The molecule has 0 bridgehead atoms. The molecule has 6 nitrogen and oxygen atoms in total. The molecule has 0 saturated heterocycles. The smallest absolute Gasteiger partial charge is 0.251 e. The van der Waals surface area contributed by atoms with E-state index in [0.29, 0.717) is 23.5 Å². The Hall–Kier alpha value is -2.80. The molecule has 0 fully saturated rings. The fourth-order valence-electron chi connectivity index (χ4n) is 2.85. The molecule has 0 radical (unpaired) electrons. The zero-order chi connectivity index (χ0) is 20.9. The van der Waals surface area contributed by atoms with Gasteiger partial charge in [-0.2, -0.15) is 0 Å². The van der Waals surface area contributed by atoms with E-state index in [9.17, 15) is 13.2 Å². The average molecular weight is 404 g/mol. The van der Waals surface area contributed by atoms with Crippen molar-refractivity contribution in [1.82, 2.24) is 5.32 Å². The van der Waals surface area contributed by atoms with Gasteiger partial charge in [0.1, 0.15) is 0 Å². The van der Waals surface area contributed by atoms with Crippen LogP contribution in [0.3, 0.4) is 0 Å². The van der Waals surface area contributed by atoms with Crippen molar-refractivity contribution in [2.75, 3.05) is 20.5 Å². The number of amides is 1. The lowest BCUT2D eigenvalue weighted by atomic mass is 10.0. The predicted octanol–water partition coefficient (Wildman–Crippen LogP) is 3.33. The largest absolute Gasteiger partial charge is 0.493 e. The van der Waals surface area contributed by atoms with Gasteiger partial charge in [-0.15, -0.1) is 6.58 Å². The molecule has 1 N–H and O–H groups in total. The van der Waals surface area contributed by atoms with Crippen LogP contribution in [0.25, 0.3) is 0 Å². The van der Waals surface area contributed by atoms with Crippen LogP contribution in [-0.2, 0) is 16.3 Å². The quantitative estimate of drug-likeness (QED) is 0.684. The van der Waals surface area contributed by atoms with Crippen molar-refractivity contribution in [2.24, 2.45) is 0 Å². The van der Waals surface area contributed by atoms with Gasteiger partial charge in [0.25, 0.3) is 5.91 Å². The van der Waals surface area contributed by atoms with E-state index in [1.54, 1.807) is 37.5 Å². The third kappa shape index (κ3) is 4.92. The molecule has 2 aromatic rings. The summed E-state index contributed by atoms with van der Waals surface area (Å²) in [7, 11) is -0.192. The van der Waals surface area contributed by atoms with Gasteiger partial charge in [-0.1, -0.05) is 18.2 Å². The molecule has 0 heterocycles. The van der Waals surface area contributed by atoms with Gasteiger partial charge < -0.3 is 14.8 Å². The number of nitrogens with one attached hydrogen (secondary N) is 1. The second-order valence-corrected chi connectivity index (χ2v) is 8.42. The van der Waals surface area contributed by atoms with E-state index in [1.807, 2.05) is 6.92 Å². The number of hydrogen-bond acceptors (Lipinski definition) is 5. The Morgan fingerprint density at radius 1 is 1.18 bits per heavy atom. The van der Waals surface area contributed by atoms with Gasteiger partial charge >= 0.3 is 0 Å². The Balaban J connectivity index is 2.26. The van der Waals surface area contributed by atoms with Gasteiger partial charge in [-0.25, -0.2) is 8.42 Å². The van der Waals surface area contributed by atoms with E-state index in [2.05, 4.69) is 11.9 Å². The Morgan fingerprint density at radius 3 is 2.32 bits per heavy atom. The number of rotatable bonds is 8. The molecule has 2 aromatic carbocycles. The van der Waals surface area contributed by atoms with Crippen LogP contribution < -0.4 is 14.8 Å². The van der Waals surface area contributed by atoms with E-state index < -0.39 is 9.84 Å². The minimum absolute atomic E-state index is 0.240. The summed E-state index contributed by atoms with van der Waals surface area (Å²) in [6.07, 6.45) is 3.42. The lowest BCUT2D eigenvalue weighted by Crippen LogP contribution is -2.26. The first-order valence-electron chi connectivity index (χ1n) is 8.68. The number of methoxy groups -OCH3 is 2. The maximum absolute atomic E-state index is 12.7. The molecule has 0 aliphatic carbocycles. The third-order valence-electron chi connectivity index (χ3n) is 4.34. The maximum Gasteiger partial charge on any atom is 0.251 e. The molecule has 0 spiro atoms. The summed E-state index contributed by atoms with van der Waals surface area (Å²) in [6.45, 7) is 5.57. The summed E-state index contributed by atoms with van der Waals surface area (Å²) in [5.41, 5.74) is 2.04. The van der Waals surface area contributed by atoms with Crippen molar-refractivity contribution in [1.29, 1.82) is 0 Å². The number of hydrogen-bond donors (Lipinski definition) is 1. The molecule has 28 heavy (non-hydrogen) atoms. The van der Waals surface area contributed by atoms with Crippen molar-refractivity contribution in [3.05, 3.63) is 65.7 Å². The Labute approximate surface area is 166 Å². The Morgan fingerprint density at radius 2 is 1.82 bits per heavy atom. The zero-order valence-electron chi connectivity index (χ0n) is 16.5. The molecule has 7 heteroatoms. The molecule has 0 aromatic heterocycles. The van der Waals surface area contributed by atoms with Crippen molar-refractivity contribution < 1.29 is 22.7 Å². The first-order valence-corrected chi connectivity index (χ1v) is 10.6. The minimum atomic E-state index is -3.26. The first-order chi connectivity index (χ1) is 13.2. The van der Waals surface area contributed by atoms with E-state index in [-0.39, 0.29) is 16.8 Å². The van der Waals surface area contributed by atoms with Crippen LogP contribution in [0.15, 0.2) is 53.9 Å². The number of carbonyl (C=O) groups excluding carboxylic acids is 1. The summed E-state index contributed by atoms with van der Waals surface area (Å²) in [4.78, 5) is 13.0. The number of sulfone groups is 1. The number of ether oxygens (including phenoxy) is 2. The highest BCUT2D eigenvalue weighted by atomic mass is 32.2. The van der Waals surface area contributed by atoms with E-state index >= 15 is 0 Å². The fourth-order valence-corrected chi connectivity index (χ4v) is 3.48. The first kappa shape index (κ1) is 21.5. The van der Waals surface area contributed by atoms with E-state index in [1.165, 1.54) is 19.2 Å². The molecule has 0 saturated carbocycles. The van der Waals surface area contributed by atoms with Gasteiger partial charge in [-0.05, 0) is 43.2 Å². The minimum Gasteiger partial charge on any atom is -0.493 e. The highest BCUT2D eigenvalue weighted by Crippen LogP contribution is 2.33. The van der Waals surface area contributed by atoms with E-state index in [0.717, 1.165) is 17.4 Å². The summed E-state index contributed by atoms with van der Waals surface area (Å²) >= 11 is 0. The van der Waals surface area contributed by atoms with Crippen LogP contribution >= 0.6 is 0 Å². The second-order valence-electron chi connectivity index (χ2n) is 6.40. The maximum atomic E-state index is 12.7. The van der Waals surface area contributed by atoms with Gasteiger partial charge in [0.15, 0.2) is 21.3 Å². The van der Waals surface area contributed by atoms with Crippen LogP contribution in [0.1, 0.15) is 34.5 Å². The summed E-state index contributed by atoms with van der Waals surface area (Å²) in [5, 5.41) is 2.92. The highest BCUT2D eigenvalue weighted by molar-refractivity contribution is 7.90. The summed E-state index contributed by atoms with van der Waals surface area (Å²) in [6, 6.07) is 9.52. The molecule has 1 atom stereocenters. The molecule has 0 aliphatic rings. The zero-order valence-corrected chi connectivity index (χ0v) is 17.3. The molecule has 0 aliphatic heterocycles. The lowest BCUT2D eigenvalue weighted by Gasteiger charge is -2.17. The summed E-state index contributed by atoms with van der Waals surface area (Å²) < 4.78 is 33.9. The van der Waals surface area contributed by atoms with Crippen molar-refractivity contribution in [3.8, 4) is 11.5 Å². The Kier molecular flexibility index (Phi) is 6.85. The van der Waals surface area contributed by atoms with Crippen LogP contribution in [-0.4, -0.2) is 34.8 Å². The lowest BCUT2D eigenvalue weighted by molar-refractivity contribution is 0.0939. The normalized spacial score (nSPS) is 12.1. The van der Waals surface area contributed by atoms with Gasteiger partial charge in [-0.3, -0.25) is 4.79 Å². The van der Waals surface area contributed by atoms with Crippen LogP contribution in [0.5, 0.6) is 11.5 Å². The number of benzene rings is 2. The van der Waals surface area contributed by atoms with Crippen molar-refractivity contribution in [3.63, 3.8) is 0 Å². The number of carbonyl (C=O) groups is 1. The SMILES string of the molecule is C=CCc1cc(C(=O)N[C@H](C)c2ccc(S(C)(=O)=O)cc2)cc(OC)c1OC.